The number of fused-ring (bicyclic) bond motifs is 1. The summed E-state index contributed by atoms with van der Waals surface area (Å²) < 4.78 is 5.75. The number of hydrogen-bond acceptors (Lipinski definition) is 4. The second kappa shape index (κ2) is 5.25. The molecule has 0 radical (unpaired) electrons. The lowest BCUT2D eigenvalue weighted by Crippen LogP contribution is -2.28. The smallest absolute Gasteiger partial charge is 0.228 e. The van der Waals surface area contributed by atoms with Gasteiger partial charge in [0.05, 0.1) is 0 Å². The van der Waals surface area contributed by atoms with Crippen LogP contribution in [0.2, 0.25) is 0 Å². The quantitative estimate of drug-likeness (QED) is 0.878. The molecular weight excluding hydrogens is 254 g/mol. The standard InChI is InChI=1S/C15H19N3O2/c1-9(8-16-2)14(19)17-11-5-6-12-13(7-11)20-15(18-12)10-3-4-10/h5-7,9-10,16H,3-4,8H2,1-2H3,(H,17,19). The number of nitrogens with zero attached hydrogens (tertiary/aromatic N) is 1. The molecule has 1 aromatic carbocycles. The van der Waals surface area contributed by atoms with Gasteiger partial charge in [-0.15, -0.1) is 0 Å². The second-order valence-electron chi connectivity index (χ2n) is 5.46. The van der Waals surface area contributed by atoms with E-state index in [2.05, 4.69) is 15.6 Å². The predicted octanol–water partition coefficient (Wildman–Crippen LogP) is 2.50. The Morgan fingerprint density at radius 1 is 1.50 bits per heavy atom. The van der Waals surface area contributed by atoms with E-state index < -0.39 is 0 Å². The highest BCUT2D eigenvalue weighted by molar-refractivity contribution is 5.94. The van der Waals surface area contributed by atoms with Crippen molar-refractivity contribution in [3.8, 4) is 0 Å². The van der Waals surface area contributed by atoms with Crippen molar-refractivity contribution in [2.75, 3.05) is 18.9 Å². The molecule has 5 heteroatoms. The van der Waals surface area contributed by atoms with E-state index >= 15 is 0 Å². The number of benzene rings is 1. The lowest BCUT2D eigenvalue weighted by atomic mass is 10.1. The number of anilines is 1. The van der Waals surface area contributed by atoms with E-state index in [9.17, 15) is 4.79 Å². The highest BCUT2D eigenvalue weighted by Crippen LogP contribution is 2.40. The van der Waals surface area contributed by atoms with Gasteiger partial charge in [-0.05, 0) is 32.0 Å². The Bertz CT molecular complexity index is 631. The van der Waals surface area contributed by atoms with Crippen LogP contribution in [0.15, 0.2) is 22.6 Å². The largest absolute Gasteiger partial charge is 0.440 e. The molecule has 1 unspecified atom stereocenters. The van der Waals surface area contributed by atoms with Crippen molar-refractivity contribution in [2.45, 2.75) is 25.7 Å². The molecule has 3 rings (SSSR count). The molecule has 1 saturated carbocycles. The molecule has 0 saturated heterocycles. The first kappa shape index (κ1) is 13.1. The minimum atomic E-state index is -0.0764. The van der Waals surface area contributed by atoms with Gasteiger partial charge in [0.1, 0.15) is 5.52 Å². The number of nitrogens with one attached hydrogen (secondary N) is 2. The van der Waals surface area contributed by atoms with E-state index in [1.54, 1.807) is 0 Å². The van der Waals surface area contributed by atoms with Crippen LogP contribution in [0.25, 0.3) is 11.1 Å². The molecule has 0 spiro atoms. The van der Waals surface area contributed by atoms with Crippen LogP contribution < -0.4 is 10.6 Å². The number of aromatic nitrogens is 1. The van der Waals surface area contributed by atoms with Crippen LogP contribution in [0.4, 0.5) is 5.69 Å². The average Bonchev–Trinajstić information content (AvgIpc) is 3.19. The second-order valence-corrected chi connectivity index (χ2v) is 5.46. The number of oxazole rings is 1. The first-order chi connectivity index (χ1) is 9.67. The number of rotatable bonds is 5. The number of carbonyl (C=O) groups excluding carboxylic acids is 1. The summed E-state index contributed by atoms with van der Waals surface area (Å²) in [4.78, 5) is 16.4. The molecule has 2 aromatic rings. The van der Waals surface area contributed by atoms with E-state index in [1.165, 1.54) is 0 Å². The molecule has 2 N–H and O–H groups in total. The van der Waals surface area contributed by atoms with Gasteiger partial charge in [-0.2, -0.15) is 0 Å². The maximum atomic E-state index is 12.0. The van der Waals surface area contributed by atoms with Crippen LogP contribution in [-0.4, -0.2) is 24.5 Å². The molecule has 1 aliphatic rings. The lowest BCUT2D eigenvalue weighted by molar-refractivity contribution is -0.119. The third-order valence-electron chi connectivity index (χ3n) is 3.56. The van der Waals surface area contributed by atoms with Crippen molar-refractivity contribution in [3.63, 3.8) is 0 Å². The Kier molecular flexibility index (Phi) is 3.44. The summed E-state index contributed by atoms with van der Waals surface area (Å²) in [7, 11) is 1.84. The van der Waals surface area contributed by atoms with Crippen molar-refractivity contribution in [1.29, 1.82) is 0 Å². The van der Waals surface area contributed by atoms with Gasteiger partial charge >= 0.3 is 0 Å². The molecule has 5 nitrogen and oxygen atoms in total. The van der Waals surface area contributed by atoms with Crippen molar-refractivity contribution in [1.82, 2.24) is 10.3 Å². The third-order valence-corrected chi connectivity index (χ3v) is 3.56. The summed E-state index contributed by atoms with van der Waals surface area (Å²) in [6.45, 7) is 2.55. The maximum absolute atomic E-state index is 12.0. The molecule has 0 aliphatic heterocycles. The summed E-state index contributed by atoms with van der Waals surface area (Å²) in [5.41, 5.74) is 2.35. The van der Waals surface area contributed by atoms with E-state index in [-0.39, 0.29) is 11.8 Å². The highest BCUT2D eigenvalue weighted by Gasteiger charge is 2.28. The minimum absolute atomic E-state index is 0.000585. The van der Waals surface area contributed by atoms with Gasteiger partial charge in [0.15, 0.2) is 11.5 Å². The van der Waals surface area contributed by atoms with Crippen molar-refractivity contribution >= 4 is 22.7 Å². The first-order valence-electron chi connectivity index (χ1n) is 7.03. The molecule has 1 atom stereocenters. The Morgan fingerprint density at radius 2 is 2.30 bits per heavy atom. The normalized spacial score (nSPS) is 16.3. The SMILES string of the molecule is CNCC(C)C(=O)Nc1ccc2nc(C3CC3)oc2c1. The summed E-state index contributed by atoms with van der Waals surface area (Å²) >= 11 is 0. The van der Waals surface area contributed by atoms with Crippen molar-refractivity contribution in [2.24, 2.45) is 5.92 Å². The zero-order chi connectivity index (χ0) is 14.1. The van der Waals surface area contributed by atoms with Crippen LogP contribution in [-0.2, 0) is 4.79 Å². The van der Waals surface area contributed by atoms with Crippen LogP contribution in [0.1, 0.15) is 31.6 Å². The Morgan fingerprint density at radius 3 is 3.00 bits per heavy atom. The lowest BCUT2D eigenvalue weighted by Gasteiger charge is -2.11. The molecule has 1 fully saturated rings. The van der Waals surface area contributed by atoms with Crippen LogP contribution in [0.3, 0.4) is 0 Å². The average molecular weight is 273 g/mol. The highest BCUT2D eigenvalue weighted by atomic mass is 16.3. The molecule has 1 heterocycles. The summed E-state index contributed by atoms with van der Waals surface area (Å²) in [6.07, 6.45) is 2.33. The fraction of sp³-hybridized carbons (Fsp3) is 0.467. The minimum Gasteiger partial charge on any atom is -0.440 e. The van der Waals surface area contributed by atoms with E-state index in [1.807, 2.05) is 32.2 Å². The molecular formula is C15H19N3O2. The van der Waals surface area contributed by atoms with Crippen LogP contribution in [0, 0.1) is 5.92 Å². The van der Waals surface area contributed by atoms with Crippen LogP contribution >= 0.6 is 0 Å². The predicted molar refractivity (Wildman–Crippen MR) is 77.7 cm³/mol. The monoisotopic (exact) mass is 273 g/mol. The van der Waals surface area contributed by atoms with Crippen molar-refractivity contribution < 1.29 is 9.21 Å². The van der Waals surface area contributed by atoms with E-state index in [0.29, 0.717) is 12.5 Å². The zero-order valence-corrected chi connectivity index (χ0v) is 11.8. The summed E-state index contributed by atoms with van der Waals surface area (Å²) in [5, 5.41) is 5.90. The zero-order valence-electron chi connectivity index (χ0n) is 11.8. The maximum Gasteiger partial charge on any atom is 0.228 e. The van der Waals surface area contributed by atoms with Gasteiger partial charge in [0, 0.05) is 30.1 Å². The van der Waals surface area contributed by atoms with Gasteiger partial charge in [-0.1, -0.05) is 6.92 Å². The number of carbonyl (C=O) groups is 1. The third kappa shape index (κ3) is 2.67. The molecule has 106 valence electrons. The first-order valence-corrected chi connectivity index (χ1v) is 7.03. The Hall–Kier alpha value is -1.88. The van der Waals surface area contributed by atoms with E-state index in [0.717, 1.165) is 35.5 Å². The Labute approximate surface area is 117 Å². The molecule has 1 aliphatic carbocycles. The van der Waals surface area contributed by atoms with Gasteiger partial charge in [-0.3, -0.25) is 4.79 Å². The molecule has 1 aromatic heterocycles. The van der Waals surface area contributed by atoms with Gasteiger partial charge in [-0.25, -0.2) is 4.98 Å². The summed E-state index contributed by atoms with van der Waals surface area (Å²) in [6, 6.07) is 5.60. The number of amides is 1. The summed E-state index contributed by atoms with van der Waals surface area (Å²) in [5.74, 6) is 1.25. The Balaban J connectivity index is 1.76. The van der Waals surface area contributed by atoms with Gasteiger partial charge in [0.2, 0.25) is 5.91 Å². The topological polar surface area (TPSA) is 67.2 Å². The van der Waals surface area contributed by atoms with Crippen LogP contribution in [0.5, 0.6) is 0 Å². The fourth-order valence-electron chi connectivity index (χ4n) is 2.19. The number of hydrogen-bond donors (Lipinski definition) is 2. The van der Waals surface area contributed by atoms with Crippen molar-refractivity contribution in [3.05, 3.63) is 24.1 Å². The molecule has 0 bridgehead atoms. The molecule has 20 heavy (non-hydrogen) atoms. The van der Waals surface area contributed by atoms with Gasteiger partial charge < -0.3 is 15.1 Å². The van der Waals surface area contributed by atoms with Gasteiger partial charge in [0.25, 0.3) is 0 Å². The van der Waals surface area contributed by atoms with E-state index in [4.69, 9.17) is 4.42 Å². The molecule has 1 amide bonds. The fourth-order valence-corrected chi connectivity index (χ4v) is 2.19.